The van der Waals surface area contributed by atoms with E-state index in [1.165, 1.54) is 11.3 Å². The monoisotopic (exact) mass is 495 g/mol. The highest BCUT2D eigenvalue weighted by Crippen LogP contribution is 2.31. The van der Waals surface area contributed by atoms with E-state index in [2.05, 4.69) is 10.3 Å². The summed E-state index contributed by atoms with van der Waals surface area (Å²) >= 11 is 0. The topological polar surface area (TPSA) is 113 Å². The Morgan fingerprint density at radius 2 is 1.65 bits per heavy atom. The lowest BCUT2D eigenvalue weighted by atomic mass is 10.00. The molecule has 37 heavy (non-hydrogen) atoms. The zero-order valence-electron chi connectivity index (χ0n) is 20.3. The third-order valence-electron chi connectivity index (χ3n) is 6.50. The van der Waals surface area contributed by atoms with E-state index in [0.717, 1.165) is 22.3 Å². The molecular weight excluding hydrogens is 470 g/mol. The van der Waals surface area contributed by atoms with E-state index >= 15 is 0 Å². The normalized spacial score (nSPS) is 13.5. The van der Waals surface area contributed by atoms with Crippen LogP contribution in [0.5, 0.6) is 0 Å². The number of carboxylic acids is 1. The average Bonchev–Trinajstić information content (AvgIpc) is 3.53. The fourth-order valence-corrected chi connectivity index (χ4v) is 4.60. The number of oxazole rings is 1. The molecule has 0 radical (unpaired) electrons. The van der Waals surface area contributed by atoms with Crippen molar-refractivity contribution >= 4 is 23.5 Å². The molecule has 0 aliphatic carbocycles. The number of amides is 2. The van der Waals surface area contributed by atoms with E-state index in [1.54, 1.807) is 62.5 Å². The molecule has 0 fully saturated rings. The molecule has 0 saturated heterocycles. The average molecular weight is 496 g/mol. The molecule has 8 heteroatoms. The Hall–Kier alpha value is -4.72. The molecule has 0 spiro atoms. The van der Waals surface area contributed by atoms with Crippen LogP contribution in [-0.4, -0.2) is 38.8 Å². The first kappa shape index (κ1) is 24.0. The summed E-state index contributed by atoms with van der Waals surface area (Å²) in [6.07, 6.45) is 2.97. The number of aliphatic carboxylic acids is 1. The number of fused-ring (bicyclic) bond motifs is 1. The van der Waals surface area contributed by atoms with Crippen molar-refractivity contribution in [2.24, 2.45) is 5.92 Å². The van der Waals surface area contributed by atoms with E-state index < -0.39 is 12.0 Å². The summed E-state index contributed by atoms with van der Waals surface area (Å²) in [6, 6.07) is 19.1. The van der Waals surface area contributed by atoms with Crippen LogP contribution in [-0.2, 0) is 11.3 Å². The lowest BCUT2D eigenvalue weighted by Crippen LogP contribution is -2.44. The summed E-state index contributed by atoms with van der Waals surface area (Å²) in [6.45, 7) is 3.89. The van der Waals surface area contributed by atoms with E-state index in [0.29, 0.717) is 22.6 Å². The number of anilines is 1. The molecule has 186 valence electrons. The smallest absolute Gasteiger partial charge is 0.326 e. The molecule has 1 aliphatic rings. The molecule has 0 unspecified atom stereocenters. The van der Waals surface area contributed by atoms with Crippen LogP contribution in [0.1, 0.15) is 40.1 Å². The van der Waals surface area contributed by atoms with Crippen LogP contribution in [0.3, 0.4) is 0 Å². The van der Waals surface area contributed by atoms with Gasteiger partial charge in [-0.05, 0) is 52.9 Å². The van der Waals surface area contributed by atoms with E-state index in [-0.39, 0.29) is 24.3 Å². The van der Waals surface area contributed by atoms with Crippen molar-refractivity contribution in [3.05, 3.63) is 96.0 Å². The van der Waals surface area contributed by atoms with Crippen LogP contribution in [0, 0.1) is 5.92 Å². The van der Waals surface area contributed by atoms with Crippen molar-refractivity contribution in [3.8, 4) is 22.5 Å². The Bertz CT molecular complexity index is 1460. The van der Waals surface area contributed by atoms with Gasteiger partial charge in [0.1, 0.15) is 6.04 Å². The highest BCUT2D eigenvalue weighted by atomic mass is 16.4. The third kappa shape index (κ3) is 4.73. The van der Waals surface area contributed by atoms with Gasteiger partial charge in [0.15, 0.2) is 12.2 Å². The number of benzene rings is 3. The molecule has 1 atom stereocenters. The fourth-order valence-electron chi connectivity index (χ4n) is 4.60. The molecule has 8 nitrogen and oxygen atoms in total. The molecule has 1 aromatic heterocycles. The third-order valence-corrected chi connectivity index (χ3v) is 6.50. The van der Waals surface area contributed by atoms with Crippen molar-refractivity contribution in [1.82, 2.24) is 9.88 Å². The second-order valence-corrected chi connectivity index (χ2v) is 9.31. The Balaban J connectivity index is 1.29. The molecule has 2 N–H and O–H groups in total. The summed E-state index contributed by atoms with van der Waals surface area (Å²) in [4.78, 5) is 42.8. The number of carboxylic acid groups (broad SMARTS) is 1. The molecule has 1 aliphatic heterocycles. The van der Waals surface area contributed by atoms with Gasteiger partial charge in [-0.15, -0.1) is 0 Å². The molecule has 2 amide bonds. The quantitative estimate of drug-likeness (QED) is 0.359. The number of carbonyl (C=O) groups is 3. The van der Waals surface area contributed by atoms with Gasteiger partial charge in [0.05, 0.1) is 6.20 Å². The van der Waals surface area contributed by atoms with Gasteiger partial charge in [-0.3, -0.25) is 9.59 Å². The second-order valence-electron chi connectivity index (χ2n) is 9.31. The maximum Gasteiger partial charge on any atom is 0.326 e. The maximum absolute atomic E-state index is 13.0. The number of hydrogen-bond donors (Lipinski definition) is 2. The van der Waals surface area contributed by atoms with Gasteiger partial charge in [0.25, 0.3) is 11.8 Å². The fraction of sp³-hybridized carbons (Fsp3) is 0.172. The molecule has 4 aromatic rings. The predicted molar refractivity (Wildman–Crippen MR) is 138 cm³/mol. The minimum Gasteiger partial charge on any atom is -0.480 e. The van der Waals surface area contributed by atoms with Crippen LogP contribution >= 0.6 is 0 Å². The van der Waals surface area contributed by atoms with E-state index in [4.69, 9.17) is 4.42 Å². The highest BCUT2D eigenvalue weighted by Gasteiger charge is 2.38. The van der Waals surface area contributed by atoms with Crippen LogP contribution in [0.25, 0.3) is 22.5 Å². The van der Waals surface area contributed by atoms with Gasteiger partial charge < -0.3 is 19.7 Å². The van der Waals surface area contributed by atoms with Crippen molar-refractivity contribution in [3.63, 3.8) is 0 Å². The molecule has 3 aromatic carbocycles. The van der Waals surface area contributed by atoms with E-state index in [9.17, 15) is 19.5 Å². The molecular formula is C29H25N3O5. The van der Waals surface area contributed by atoms with Gasteiger partial charge in [0.2, 0.25) is 0 Å². The van der Waals surface area contributed by atoms with Gasteiger partial charge in [-0.25, -0.2) is 9.78 Å². The molecule has 0 bridgehead atoms. The van der Waals surface area contributed by atoms with Crippen molar-refractivity contribution in [2.45, 2.75) is 26.4 Å². The first-order valence-electron chi connectivity index (χ1n) is 11.9. The standard InChI is InChI=1S/C29H25N3O5/c1-17(2)26(29(35)36)32-15-22-8-7-21(13-24(22)28(32)34)18-9-11-23(12-10-18)31-27(33)20-5-3-19(4-6-20)25-14-30-16-37-25/h3-14,16-17,26H,15H2,1-2H3,(H,31,33)(H,35,36)/t26-/m0/s1. The van der Waals surface area contributed by atoms with E-state index in [1.807, 2.05) is 24.3 Å². The van der Waals surface area contributed by atoms with Crippen LogP contribution in [0.4, 0.5) is 5.69 Å². The lowest BCUT2D eigenvalue weighted by molar-refractivity contribution is -0.144. The first-order chi connectivity index (χ1) is 17.8. The summed E-state index contributed by atoms with van der Waals surface area (Å²) in [5.74, 6) is -1.08. The minimum atomic E-state index is -1.00. The zero-order chi connectivity index (χ0) is 26.1. The van der Waals surface area contributed by atoms with Gasteiger partial charge in [0, 0.05) is 28.9 Å². The lowest BCUT2D eigenvalue weighted by Gasteiger charge is -2.27. The summed E-state index contributed by atoms with van der Waals surface area (Å²) in [5.41, 5.74) is 5.03. The number of hydrogen-bond acceptors (Lipinski definition) is 5. The zero-order valence-corrected chi connectivity index (χ0v) is 20.3. The van der Waals surface area contributed by atoms with Crippen molar-refractivity contribution < 1.29 is 23.9 Å². The Labute approximate surface area is 213 Å². The van der Waals surface area contributed by atoms with Gasteiger partial charge in [-0.1, -0.05) is 50.2 Å². The summed E-state index contributed by atoms with van der Waals surface area (Å²) < 4.78 is 5.27. The largest absolute Gasteiger partial charge is 0.480 e. The van der Waals surface area contributed by atoms with Crippen molar-refractivity contribution in [2.75, 3.05) is 5.32 Å². The molecule has 5 rings (SSSR count). The summed E-state index contributed by atoms with van der Waals surface area (Å²) in [5, 5.41) is 12.5. The van der Waals surface area contributed by atoms with Crippen LogP contribution < -0.4 is 5.32 Å². The van der Waals surface area contributed by atoms with Gasteiger partial charge >= 0.3 is 5.97 Å². The maximum atomic E-state index is 13.0. The van der Waals surface area contributed by atoms with Crippen molar-refractivity contribution in [1.29, 1.82) is 0 Å². The Morgan fingerprint density at radius 3 is 2.27 bits per heavy atom. The number of rotatable bonds is 7. The summed E-state index contributed by atoms with van der Waals surface area (Å²) in [7, 11) is 0. The van der Waals surface area contributed by atoms with Crippen LogP contribution in [0.15, 0.2) is 83.7 Å². The highest BCUT2D eigenvalue weighted by molar-refractivity contribution is 6.04. The Kier molecular flexibility index (Phi) is 6.31. The first-order valence-corrected chi connectivity index (χ1v) is 11.9. The van der Waals surface area contributed by atoms with Crippen LogP contribution in [0.2, 0.25) is 0 Å². The number of aromatic nitrogens is 1. The SMILES string of the molecule is CC(C)[C@@H](C(=O)O)N1Cc2ccc(-c3ccc(NC(=O)c4ccc(-c5cnco5)cc4)cc3)cc2C1=O. The number of nitrogens with one attached hydrogen (secondary N) is 1. The van der Waals surface area contributed by atoms with Gasteiger partial charge in [-0.2, -0.15) is 0 Å². The predicted octanol–water partition coefficient (Wildman–Crippen LogP) is 5.33. The minimum absolute atomic E-state index is 0.204. The Morgan fingerprint density at radius 1 is 0.973 bits per heavy atom. The molecule has 0 saturated carbocycles. The number of carbonyl (C=O) groups excluding carboxylic acids is 2. The molecule has 2 heterocycles. The second kappa shape index (κ2) is 9.73. The number of nitrogens with zero attached hydrogens (tertiary/aromatic N) is 2.